The molecule has 1 unspecified atom stereocenters. The largest absolute Gasteiger partial charge is 0.372 e. The van der Waals surface area contributed by atoms with Gasteiger partial charge in [-0.25, -0.2) is 0 Å². The molecule has 1 atom stereocenters. The van der Waals surface area contributed by atoms with E-state index in [0.29, 0.717) is 19.8 Å². The van der Waals surface area contributed by atoms with Crippen molar-refractivity contribution in [3.05, 3.63) is 0 Å². The molecule has 0 aromatic carbocycles. The van der Waals surface area contributed by atoms with Crippen LogP contribution in [0.2, 0.25) is 0 Å². The Kier molecular flexibility index (Phi) is 2.76. The van der Waals surface area contributed by atoms with E-state index in [2.05, 4.69) is 13.8 Å². The molecule has 1 saturated heterocycles. The lowest BCUT2D eigenvalue weighted by Gasteiger charge is -2.26. The molecule has 3 heteroatoms. The molecule has 0 saturated carbocycles. The first-order valence-electron chi connectivity index (χ1n) is 4.52. The van der Waals surface area contributed by atoms with E-state index in [-0.39, 0.29) is 11.2 Å². The fourth-order valence-corrected chi connectivity index (χ4v) is 1.79. The summed E-state index contributed by atoms with van der Waals surface area (Å²) in [7, 11) is 0. The number of nitrogens with two attached hydrogens (primary N) is 1. The second-order valence-corrected chi connectivity index (χ2v) is 4.05. The van der Waals surface area contributed by atoms with Crippen molar-refractivity contribution < 1.29 is 9.47 Å². The van der Waals surface area contributed by atoms with Crippen molar-refractivity contribution in [3.8, 4) is 0 Å². The second kappa shape index (κ2) is 3.32. The maximum absolute atomic E-state index is 5.67. The third-order valence-corrected chi connectivity index (χ3v) is 2.30. The Morgan fingerprint density at radius 2 is 2.17 bits per heavy atom. The third-order valence-electron chi connectivity index (χ3n) is 2.30. The predicted octanol–water partition coefficient (Wildman–Crippen LogP) is 0.919. The summed E-state index contributed by atoms with van der Waals surface area (Å²) in [6.07, 6.45) is 0.893. The number of rotatable bonds is 3. The fraction of sp³-hybridized carbons (Fsp3) is 1.00. The van der Waals surface area contributed by atoms with Crippen molar-refractivity contribution in [2.75, 3.05) is 19.8 Å². The van der Waals surface area contributed by atoms with E-state index in [0.717, 1.165) is 6.42 Å². The minimum absolute atomic E-state index is 0.0749. The Labute approximate surface area is 74.2 Å². The van der Waals surface area contributed by atoms with Gasteiger partial charge in [0.25, 0.3) is 0 Å². The first kappa shape index (κ1) is 9.96. The molecule has 3 nitrogen and oxygen atoms in total. The molecule has 0 radical (unpaired) electrons. The molecular weight excluding hydrogens is 154 g/mol. The Morgan fingerprint density at radius 1 is 1.50 bits per heavy atom. The first-order valence-corrected chi connectivity index (χ1v) is 4.52. The topological polar surface area (TPSA) is 44.5 Å². The summed E-state index contributed by atoms with van der Waals surface area (Å²) in [5.74, 6) is 0. The molecule has 1 rings (SSSR count). The Balaban J connectivity index is 2.59. The Morgan fingerprint density at radius 3 is 2.50 bits per heavy atom. The lowest BCUT2D eigenvalue weighted by molar-refractivity contribution is -0.0395. The fourth-order valence-electron chi connectivity index (χ4n) is 1.79. The zero-order chi connectivity index (χ0) is 9.24. The van der Waals surface area contributed by atoms with Crippen molar-refractivity contribution in [3.63, 3.8) is 0 Å². The molecule has 0 aliphatic carbocycles. The molecule has 0 spiro atoms. The Bertz CT molecular complexity index is 159. The summed E-state index contributed by atoms with van der Waals surface area (Å²) in [5.41, 5.74) is 5.37. The smallest absolute Gasteiger partial charge is 0.106 e. The van der Waals surface area contributed by atoms with E-state index in [4.69, 9.17) is 15.2 Å². The highest BCUT2D eigenvalue weighted by atomic mass is 16.6. The molecule has 0 amide bonds. The van der Waals surface area contributed by atoms with Gasteiger partial charge in [0.05, 0.1) is 12.2 Å². The summed E-state index contributed by atoms with van der Waals surface area (Å²) in [4.78, 5) is 0. The quantitative estimate of drug-likeness (QED) is 0.690. The lowest BCUT2D eigenvalue weighted by Crippen LogP contribution is -2.42. The van der Waals surface area contributed by atoms with Gasteiger partial charge in [-0.05, 0) is 20.8 Å². The molecule has 1 aliphatic rings. The van der Waals surface area contributed by atoms with E-state index in [1.807, 2.05) is 6.92 Å². The van der Waals surface area contributed by atoms with Crippen LogP contribution < -0.4 is 5.73 Å². The molecule has 2 N–H and O–H groups in total. The monoisotopic (exact) mass is 173 g/mol. The highest BCUT2D eigenvalue weighted by Gasteiger charge is 2.44. The standard InChI is InChI=1S/C9H19NO2/c1-4-11-9(6-10)5-8(2,3)12-7-9/h4-7,10H2,1-3H3. The molecule has 1 heterocycles. The summed E-state index contributed by atoms with van der Waals surface area (Å²) in [6.45, 7) is 8.01. The molecule has 12 heavy (non-hydrogen) atoms. The van der Waals surface area contributed by atoms with Gasteiger partial charge in [0.2, 0.25) is 0 Å². The third kappa shape index (κ3) is 1.97. The van der Waals surface area contributed by atoms with E-state index in [1.165, 1.54) is 0 Å². The Hall–Kier alpha value is -0.120. The van der Waals surface area contributed by atoms with Crippen LogP contribution in [0.4, 0.5) is 0 Å². The zero-order valence-electron chi connectivity index (χ0n) is 8.22. The molecule has 0 bridgehead atoms. The van der Waals surface area contributed by atoms with Crippen LogP contribution in [0.1, 0.15) is 27.2 Å². The normalized spacial score (nSPS) is 34.0. The lowest BCUT2D eigenvalue weighted by atomic mass is 9.93. The van der Waals surface area contributed by atoms with Crippen LogP contribution in [0.5, 0.6) is 0 Å². The number of hydrogen-bond donors (Lipinski definition) is 1. The van der Waals surface area contributed by atoms with Crippen LogP contribution >= 0.6 is 0 Å². The molecule has 1 fully saturated rings. The van der Waals surface area contributed by atoms with Gasteiger partial charge in [-0.2, -0.15) is 0 Å². The predicted molar refractivity (Wildman–Crippen MR) is 48.1 cm³/mol. The highest BCUT2D eigenvalue weighted by Crippen LogP contribution is 2.34. The first-order chi connectivity index (χ1) is 5.54. The minimum Gasteiger partial charge on any atom is -0.372 e. The van der Waals surface area contributed by atoms with Gasteiger partial charge in [-0.1, -0.05) is 0 Å². The zero-order valence-corrected chi connectivity index (χ0v) is 8.22. The molecule has 1 aliphatic heterocycles. The van der Waals surface area contributed by atoms with Crippen LogP contribution in [0.25, 0.3) is 0 Å². The van der Waals surface area contributed by atoms with Gasteiger partial charge in [0.1, 0.15) is 5.60 Å². The maximum atomic E-state index is 5.67. The number of hydrogen-bond acceptors (Lipinski definition) is 3. The number of ether oxygens (including phenoxy) is 2. The van der Waals surface area contributed by atoms with Gasteiger partial charge in [0.15, 0.2) is 0 Å². The van der Waals surface area contributed by atoms with E-state index in [1.54, 1.807) is 0 Å². The van der Waals surface area contributed by atoms with E-state index < -0.39 is 0 Å². The van der Waals surface area contributed by atoms with Gasteiger partial charge in [0, 0.05) is 19.6 Å². The average Bonchev–Trinajstić information content (AvgIpc) is 2.29. The minimum atomic E-state index is -0.224. The molecule has 0 aromatic rings. The summed E-state index contributed by atoms with van der Waals surface area (Å²) >= 11 is 0. The summed E-state index contributed by atoms with van der Waals surface area (Å²) < 4.78 is 11.2. The van der Waals surface area contributed by atoms with Gasteiger partial charge in [-0.15, -0.1) is 0 Å². The summed E-state index contributed by atoms with van der Waals surface area (Å²) in [5, 5.41) is 0. The maximum Gasteiger partial charge on any atom is 0.106 e. The van der Waals surface area contributed by atoms with Crippen LogP contribution in [0.15, 0.2) is 0 Å². The van der Waals surface area contributed by atoms with Crippen LogP contribution in [0, 0.1) is 0 Å². The molecular formula is C9H19NO2. The van der Waals surface area contributed by atoms with Gasteiger partial charge in [-0.3, -0.25) is 0 Å². The average molecular weight is 173 g/mol. The summed E-state index contributed by atoms with van der Waals surface area (Å²) in [6, 6.07) is 0. The van der Waals surface area contributed by atoms with E-state index in [9.17, 15) is 0 Å². The van der Waals surface area contributed by atoms with Crippen molar-refractivity contribution in [2.24, 2.45) is 5.73 Å². The van der Waals surface area contributed by atoms with Crippen molar-refractivity contribution in [1.29, 1.82) is 0 Å². The highest BCUT2D eigenvalue weighted by molar-refractivity contribution is 4.95. The SMILES string of the molecule is CCOC1(CN)COC(C)(C)C1. The van der Waals surface area contributed by atoms with E-state index >= 15 is 0 Å². The van der Waals surface area contributed by atoms with Crippen LogP contribution in [-0.4, -0.2) is 31.0 Å². The molecule has 0 aromatic heterocycles. The van der Waals surface area contributed by atoms with Gasteiger partial charge >= 0.3 is 0 Å². The van der Waals surface area contributed by atoms with Crippen molar-refractivity contribution in [1.82, 2.24) is 0 Å². The van der Waals surface area contributed by atoms with Crippen molar-refractivity contribution in [2.45, 2.75) is 38.4 Å². The molecule has 72 valence electrons. The van der Waals surface area contributed by atoms with Crippen LogP contribution in [-0.2, 0) is 9.47 Å². The van der Waals surface area contributed by atoms with Crippen molar-refractivity contribution >= 4 is 0 Å². The second-order valence-electron chi connectivity index (χ2n) is 4.05. The van der Waals surface area contributed by atoms with Gasteiger partial charge < -0.3 is 15.2 Å². The van der Waals surface area contributed by atoms with Crippen LogP contribution in [0.3, 0.4) is 0 Å².